The number of ether oxygens (including phenoxy) is 1. The molecule has 5 nitrogen and oxygen atoms in total. The van der Waals surface area contributed by atoms with Crippen molar-refractivity contribution in [2.75, 3.05) is 24.3 Å². The minimum atomic E-state index is 0.357. The van der Waals surface area contributed by atoms with Gasteiger partial charge in [-0.1, -0.05) is 0 Å². The van der Waals surface area contributed by atoms with Crippen LogP contribution in [0.5, 0.6) is 0 Å². The molecule has 2 rings (SSSR count). The van der Waals surface area contributed by atoms with Crippen molar-refractivity contribution in [2.45, 2.75) is 25.8 Å². The van der Waals surface area contributed by atoms with Gasteiger partial charge >= 0.3 is 0 Å². The van der Waals surface area contributed by atoms with E-state index in [9.17, 15) is 0 Å². The number of anilines is 2. The van der Waals surface area contributed by atoms with E-state index >= 15 is 0 Å². The highest BCUT2D eigenvalue weighted by Crippen LogP contribution is 2.23. The third-order valence-electron chi connectivity index (χ3n) is 2.77. The minimum absolute atomic E-state index is 0.357. The zero-order valence-electron chi connectivity index (χ0n) is 9.29. The molecule has 0 radical (unpaired) electrons. The standard InChI is InChI=1S/C10H18N4O/c1-7-9(11)10(14(2)13-7)12-8-4-3-5-15-6-8/h8,12H,3-6,11H2,1-2H3. The summed E-state index contributed by atoms with van der Waals surface area (Å²) in [5, 5.41) is 7.65. The molecule has 1 fully saturated rings. The quantitative estimate of drug-likeness (QED) is 0.761. The number of aromatic nitrogens is 2. The zero-order chi connectivity index (χ0) is 10.8. The predicted molar refractivity (Wildman–Crippen MR) is 59.8 cm³/mol. The van der Waals surface area contributed by atoms with Crippen LogP contribution in [0.3, 0.4) is 0 Å². The molecule has 1 aromatic heterocycles. The Kier molecular flexibility index (Phi) is 2.81. The van der Waals surface area contributed by atoms with E-state index < -0.39 is 0 Å². The summed E-state index contributed by atoms with van der Waals surface area (Å²) in [5.41, 5.74) is 7.54. The number of rotatable bonds is 2. The topological polar surface area (TPSA) is 65.1 Å². The van der Waals surface area contributed by atoms with Crippen molar-refractivity contribution in [2.24, 2.45) is 7.05 Å². The van der Waals surface area contributed by atoms with Gasteiger partial charge in [-0.05, 0) is 19.8 Å². The molecule has 0 bridgehead atoms. The Balaban J connectivity index is 2.09. The second kappa shape index (κ2) is 4.10. The Morgan fingerprint density at radius 2 is 2.40 bits per heavy atom. The lowest BCUT2D eigenvalue weighted by Crippen LogP contribution is -2.31. The van der Waals surface area contributed by atoms with Crippen LogP contribution in [0.25, 0.3) is 0 Å². The lowest BCUT2D eigenvalue weighted by atomic mass is 10.1. The molecule has 1 unspecified atom stereocenters. The number of aryl methyl sites for hydroxylation is 2. The van der Waals surface area contributed by atoms with Crippen molar-refractivity contribution >= 4 is 11.5 Å². The molecule has 0 amide bonds. The first-order valence-corrected chi connectivity index (χ1v) is 5.32. The van der Waals surface area contributed by atoms with E-state index in [0.717, 1.165) is 43.3 Å². The highest BCUT2D eigenvalue weighted by Gasteiger charge is 2.17. The monoisotopic (exact) mass is 210 g/mol. The summed E-state index contributed by atoms with van der Waals surface area (Å²) >= 11 is 0. The van der Waals surface area contributed by atoms with E-state index in [1.165, 1.54) is 0 Å². The average Bonchev–Trinajstić information content (AvgIpc) is 2.47. The van der Waals surface area contributed by atoms with Crippen LogP contribution in [-0.4, -0.2) is 29.0 Å². The summed E-state index contributed by atoms with van der Waals surface area (Å²) < 4.78 is 7.20. The van der Waals surface area contributed by atoms with E-state index in [2.05, 4.69) is 10.4 Å². The zero-order valence-corrected chi connectivity index (χ0v) is 9.29. The molecule has 84 valence electrons. The van der Waals surface area contributed by atoms with E-state index in [1.807, 2.05) is 14.0 Å². The van der Waals surface area contributed by atoms with Gasteiger partial charge in [-0.3, -0.25) is 4.68 Å². The molecule has 1 atom stereocenters. The van der Waals surface area contributed by atoms with Gasteiger partial charge in [0.15, 0.2) is 0 Å². The first-order valence-electron chi connectivity index (χ1n) is 5.32. The smallest absolute Gasteiger partial charge is 0.148 e. The summed E-state index contributed by atoms with van der Waals surface area (Å²) in [5.74, 6) is 0.906. The molecule has 1 aliphatic heterocycles. The van der Waals surface area contributed by atoms with Crippen LogP contribution in [0.2, 0.25) is 0 Å². The van der Waals surface area contributed by atoms with Gasteiger partial charge in [-0.15, -0.1) is 0 Å². The van der Waals surface area contributed by atoms with Gasteiger partial charge in [0.25, 0.3) is 0 Å². The fraction of sp³-hybridized carbons (Fsp3) is 0.700. The molecule has 15 heavy (non-hydrogen) atoms. The van der Waals surface area contributed by atoms with Crippen molar-refractivity contribution in [1.29, 1.82) is 0 Å². The van der Waals surface area contributed by atoms with Crippen LogP contribution in [0.15, 0.2) is 0 Å². The largest absolute Gasteiger partial charge is 0.394 e. The lowest BCUT2D eigenvalue weighted by molar-refractivity contribution is 0.0874. The predicted octanol–water partition coefficient (Wildman–Crippen LogP) is 0.902. The maximum Gasteiger partial charge on any atom is 0.148 e. The minimum Gasteiger partial charge on any atom is -0.394 e. The van der Waals surface area contributed by atoms with Crippen LogP contribution in [0.4, 0.5) is 11.5 Å². The fourth-order valence-electron chi connectivity index (χ4n) is 1.89. The SMILES string of the molecule is Cc1nn(C)c(NC2CCCOC2)c1N. The van der Waals surface area contributed by atoms with Gasteiger partial charge < -0.3 is 15.8 Å². The molecular weight excluding hydrogens is 192 g/mol. The molecule has 1 aliphatic rings. The number of hydrogen-bond acceptors (Lipinski definition) is 4. The summed E-state index contributed by atoms with van der Waals surface area (Å²) in [6, 6.07) is 0.357. The summed E-state index contributed by atoms with van der Waals surface area (Å²) in [4.78, 5) is 0. The normalized spacial score (nSPS) is 21.6. The van der Waals surface area contributed by atoms with Gasteiger partial charge in [-0.25, -0.2) is 0 Å². The molecule has 3 N–H and O–H groups in total. The highest BCUT2D eigenvalue weighted by molar-refractivity contribution is 5.64. The van der Waals surface area contributed by atoms with Crippen LogP contribution >= 0.6 is 0 Å². The van der Waals surface area contributed by atoms with Crippen LogP contribution in [0, 0.1) is 6.92 Å². The number of nitrogens with two attached hydrogens (primary N) is 1. The first kappa shape index (κ1) is 10.3. The third kappa shape index (κ3) is 2.07. The Morgan fingerprint density at radius 3 is 2.93 bits per heavy atom. The number of hydrogen-bond donors (Lipinski definition) is 2. The highest BCUT2D eigenvalue weighted by atomic mass is 16.5. The van der Waals surface area contributed by atoms with Crippen molar-refractivity contribution < 1.29 is 4.74 Å². The lowest BCUT2D eigenvalue weighted by Gasteiger charge is -2.24. The Morgan fingerprint density at radius 1 is 1.60 bits per heavy atom. The molecule has 5 heteroatoms. The fourth-order valence-corrected chi connectivity index (χ4v) is 1.89. The Labute approximate surface area is 89.6 Å². The molecule has 0 saturated carbocycles. The van der Waals surface area contributed by atoms with Gasteiger partial charge in [-0.2, -0.15) is 5.10 Å². The van der Waals surface area contributed by atoms with Crippen molar-refractivity contribution in [3.8, 4) is 0 Å². The summed E-state index contributed by atoms with van der Waals surface area (Å²) in [6.07, 6.45) is 2.23. The second-order valence-electron chi connectivity index (χ2n) is 4.03. The summed E-state index contributed by atoms with van der Waals surface area (Å²) in [6.45, 7) is 3.54. The van der Waals surface area contributed by atoms with Crippen molar-refractivity contribution in [3.63, 3.8) is 0 Å². The van der Waals surface area contributed by atoms with E-state index in [-0.39, 0.29) is 0 Å². The van der Waals surface area contributed by atoms with E-state index in [0.29, 0.717) is 6.04 Å². The first-order chi connectivity index (χ1) is 7.18. The van der Waals surface area contributed by atoms with Crippen molar-refractivity contribution in [1.82, 2.24) is 9.78 Å². The van der Waals surface area contributed by atoms with Crippen LogP contribution < -0.4 is 11.1 Å². The van der Waals surface area contributed by atoms with E-state index in [4.69, 9.17) is 10.5 Å². The van der Waals surface area contributed by atoms with Crippen LogP contribution in [0.1, 0.15) is 18.5 Å². The van der Waals surface area contributed by atoms with Gasteiger partial charge in [0.2, 0.25) is 0 Å². The van der Waals surface area contributed by atoms with Gasteiger partial charge in [0.1, 0.15) is 5.82 Å². The number of nitrogens with zero attached hydrogens (tertiary/aromatic N) is 2. The molecule has 1 saturated heterocycles. The molecule has 2 heterocycles. The van der Waals surface area contributed by atoms with E-state index in [1.54, 1.807) is 4.68 Å². The van der Waals surface area contributed by atoms with Crippen molar-refractivity contribution in [3.05, 3.63) is 5.69 Å². The average molecular weight is 210 g/mol. The molecule has 0 aromatic carbocycles. The second-order valence-corrected chi connectivity index (χ2v) is 4.03. The maximum atomic E-state index is 5.93. The molecule has 0 aliphatic carbocycles. The van der Waals surface area contributed by atoms with Crippen LogP contribution in [-0.2, 0) is 11.8 Å². The Bertz CT molecular complexity index is 341. The summed E-state index contributed by atoms with van der Waals surface area (Å²) in [7, 11) is 1.90. The third-order valence-corrected chi connectivity index (χ3v) is 2.77. The van der Waals surface area contributed by atoms with Gasteiger partial charge in [0.05, 0.1) is 24.0 Å². The molecule has 1 aromatic rings. The maximum absolute atomic E-state index is 5.93. The van der Waals surface area contributed by atoms with Gasteiger partial charge in [0, 0.05) is 13.7 Å². The number of nitrogens with one attached hydrogen (secondary N) is 1. The number of nitrogen functional groups attached to an aromatic ring is 1. The Hall–Kier alpha value is -1.23. The molecule has 0 spiro atoms. The molecular formula is C10H18N4O.